The molecule has 0 spiro atoms. The van der Waals surface area contributed by atoms with E-state index in [1.54, 1.807) is 0 Å². The summed E-state index contributed by atoms with van der Waals surface area (Å²) in [7, 11) is 0. The summed E-state index contributed by atoms with van der Waals surface area (Å²) in [5.41, 5.74) is 0. The van der Waals surface area contributed by atoms with Crippen LogP contribution in [0.4, 0.5) is 0 Å². The molecule has 1 N–H and O–H groups in total. The summed E-state index contributed by atoms with van der Waals surface area (Å²) in [6, 6.07) is -0.280. The van der Waals surface area contributed by atoms with Gasteiger partial charge < -0.3 is 14.6 Å². The molecule has 0 saturated heterocycles. The molecular formula is C9H15N3O3. The lowest BCUT2D eigenvalue weighted by molar-refractivity contribution is 0.191. The lowest BCUT2D eigenvalue weighted by atomic mass is 10.5. The van der Waals surface area contributed by atoms with Crippen LogP contribution in [-0.2, 0) is 0 Å². The standard InChI is InChI=1S/C9H15N3O3/c1-5(2)14-8-10-7(13)11-9(12-8)15-6(3)4/h5-6H,1-4H3,(H,10,11,12,13). The minimum absolute atomic E-state index is 0.0631. The van der Waals surface area contributed by atoms with Gasteiger partial charge >= 0.3 is 18.0 Å². The fourth-order valence-electron chi connectivity index (χ4n) is 0.855. The smallest absolute Gasteiger partial charge is 0.326 e. The third-order valence-electron chi connectivity index (χ3n) is 1.26. The van der Waals surface area contributed by atoms with Gasteiger partial charge in [-0.1, -0.05) is 0 Å². The lowest BCUT2D eigenvalue weighted by Gasteiger charge is -2.10. The van der Waals surface area contributed by atoms with Crippen molar-refractivity contribution in [3.05, 3.63) is 0 Å². The van der Waals surface area contributed by atoms with E-state index < -0.39 is 6.01 Å². The molecule has 0 aliphatic rings. The minimum Gasteiger partial charge on any atom is -0.479 e. The van der Waals surface area contributed by atoms with Gasteiger partial charge in [-0.2, -0.15) is 0 Å². The summed E-state index contributed by atoms with van der Waals surface area (Å²) in [4.78, 5) is 11.1. The second-order valence-corrected chi connectivity index (χ2v) is 3.53. The van der Waals surface area contributed by atoms with Gasteiger partial charge in [0.25, 0.3) is 0 Å². The fraction of sp³-hybridized carbons (Fsp3) is 0.667. The van der Waals surface area contributed by atoms with Gasteiger partial charge in [-0.05, 0) is 27.7 Å². The van der Waals surface area contributed by atoms with Gasteiger partial charge in [0.2, 0.25) is 0 Å². The first-order valence-corrected chi connectivity index (χ1v) is 4.75. The highest BCUT2D eigenvalue weighted by atomic mass is 16.5. The van der Waals surface area contributed by atoms with Crippen LogP contribution in [-0.4, -0.2) is 32.3 Å². The van der Waals surface area contributed by atoms with Gasteiger partial charge in [-0.15, -0.1) is 15.0 Å². The molecule has 0 aliphatic carbocycles. The normalized spacial score (nSPS) is 10.8. The van der Waals surface area contributed by atoms with E-state index in [0.717, 1.165) is 0 Å². The van der Waals surface area contributed by atoms with Crippen molar-refractivity contribution in [2.24, 2.45) is 0 Å². The van der Waals surface area contributed by atoms with Crippen LogP contribution in [0.3, 0.4) is 0 Å². The molecule has 0 radical (unpaired) electrons. The maximum absolute atomic E-state index is 9.20. The Hall–Kier alpha value is -1.59. The summed E-state index contributed by atoms with van der Waals surface area (Å²) >= 11 is 0. The third-order valence-corrected chi connectivity index (χ3v) is 1.26. The first-order chi connectivity index (χ1) is 6.97. The first-order valence-electron chi connectivity index (χ1n) is 4.75. The zero-order valence-corrected chi connectivity index (χ0v) is 9.26. The van der Waals surface area contributed by atoms with Crippen LogP contribution in [0.1, 0.15) is 27.7 Å². The van der Waals surface area contributed by atoms with Crippen molar-refractivity contribution in [1.29, 1.82) is 0 Å². The highest BCUT2D eigenvalue weighted by molar-refractivity contribution is 5.07. The summed E-state index contributed by atoms with van der Waals surface area (Å²) in [6.07, 6.45) is -0.141. The molecule has 1 heterocycles. The summed E-state index contributed by atoms with van der Waals surface area (Å²) < 4.78 is 10.4. The van der Waals surface area contributed by atoms with Gasteiger partial charge in [0.05, 0.1) is 12.2 Å². The number of aromatic hydroxyl groups is 1. The monoisotopic (exact) mass is 213 g/mol. The molecule has 1 rings (SSSR count). The maximum Gasteiger partial charge on any atom is 0.326 e. The van der Waals surface area contributed by atoms with E-state index in [1.807, 2.05) is 27.7 Å². The van der Waals surface area contributed by atoms with E-state index >= 15 is 0 Å². The lowest BCUT2D eigenvalue weighted by Crippen LogP contribution is -2.12. The van der Waals surface area contributed by atoms with Crippen molar-refractivity contribution in [2.45, 2.75) is 39.9 Å². The Balaban J connectivity index is 2.84. The molecule has 0 saturated carbocycles. The first kappa shape index (κ1) is 11.5. The SMILES string of the molecule is CC(C)Oc1nc(O)nc(OC(C)C)n1. The van der Waals surface area contributed by atoms with Gasteiger partial charge in [0, 0.05) is 0 Å². The van der Waals surface area contributed by atoms with Crippen molar-refractivity contribution in [3.63, 3.8) is 0 Å². The number of nitrogens with zero attached hydrogens (tertiary/aromatic N) is 3. The fourth-order valence-corrected chi connectivity index (χ4v) is 0.855. The van der Waals surface area contributed by atoms with E-state index in [9.17, 15) is 5.11 Å². The summed E-state index contributed by atoms with van der Waals surface area (Å²) in [5.74, 6) is 0. The Morgan fingerprint density at radius 2 is 1.27 bits per heavy atom. The van der Waals surface area contributed by atoms with E-state index in [1.165, 1.54) is 0 Å². The molecular weight excluding hydrogens is 198 g/mol. The number of aromatic nitrogens is 3. The largest absolute Gasteiger partial charge is 0.479 e. The molecule has 15 heavy (non-hydrogen) atoms. The third kappa shape index (κ3) is 3.97. The van der Waals surface area contributed by atoms with Crippen molar-refractivity contribution in [3.8, 4) is 18.0 Å². The Morgan fingerprint density at radius 1 is 0.867 bits per heavy atom. The van der Waals surface area contributed by atoms with E-state index in [-0.39, 0.29) is 24.2 Å². The highest BCUT2D eigenvalue weighted by Crippen LogP contribution is 2.15. The van der Waals surface area contributed by atoms with Crippen LogP contribution in [0.25, 0.3) is 0 Å². The Labute approximate surface area is 88.3 Å². The molecule has 6 heteroatoms. The minimum atomic E-state index is -0.406. The van der Waals surface area contributed by atoms with Gasteiger partial charge in [-0.25, -0.2) is 0 Å². The number of rotatable bonds is 4. The van der Waals surface area contributed by atoms with Gasteiger partial charge in [0.15, 0.2) is 0 Å². The van der Waals surface area contributed by atoms with E-state index in [4.69, 9.17) is 9.47 Å². The average molecular weight is 213 g/mol. The van der Waals surface area contributed by atoms with Crippen LogP contribution < -0.4 is 9.47 Å². The molecule has 1 aromatic rings. The molecule has 0 aliphatic heterocycles. The second kappa shape index (κ2) is 4.77. The van der Waals surface area contributed by atoms with E-state index in [2.05, 4.69) is 15.0 Å². The van der Waals surface area contributed by atoms with E-state index in [0.29, 0.717) is 0 Å². The maximum atomic E-state index is 9.20. The Kier molecular flexibility index (Phi) is 3.65. The van der Waals surface area contributed by atoms with Crippen LogP contribution >= 0.6 is 0 Å². The highest BCUT2D eigenvalue weighted by Gasteiger charge is 2.10. The predicted octanol–water partition coefficient (Wildman–Crippen LogP) is 1.15. The van der Waals surface area contributed by atoms with Crippen LogP contribution in [0, 0.1) is 0 Å². The number of hydrogen-bond acceptors (Lipinski definition) is 6. The topological polar surface area (TPSA) is 77.4 Å². The van der Waals surface area contributed by atoms with Crippen molar-refractivity contribution in [1.82, 2.24) is 15.0 Å². The Morgan fingerprint density at radius 3 is 1.60 bits per heavy atom. The molecule has 0 fully saturated rings. The van der Waals surface area contributed by atoms with Gasteiger partial charge in [0.1, 0.15) is 0 Å². The number of ether oxygens (including phenoxy) is 2. The van der Waals surface area contributed by atoms with Crippen LogP contribution in [0.2, 0.25) is 0 Å². The van der Waals surface area contributed by atoms with Crippen LogP contribution in [0.15, 0.2) is 0 Å². The van der Waals surface area contributed by atoms with Crippen LogP contribution in [0.5, 0.6) is 18.0 Å². The summed E-state index contributed by atoms with van der Waals surface area (Å²) in [5, 5.41) is 9.20. The molecule has 0 atom stereocenters. The molecule has 0 bridgehead atoms. The second-order valence-electron chi connectivity index (χ2n) is 3.53. The molecule has 0 unspecified atom stereocenters. The quantitative estimate of drug-likeness (QED) is 0.808. The van der Waals surface area contributed by atoms with Crippen molar-refractivity contribution in [2.75, 3.05) is 0 Å². The Bertz CT molecular complexity index is 300. The van der Waals surface area contributed by atoms with Gasteiger partial charge in [-0.3, -0.25) is 0 Å². The molecule has 84 valence electrons. The molecule has 1 aromatic heterocycles. The zero-order chi connectivity index (χ0) is 11.4. The van der Waals surface area contributed by atoms with Crippen molar-refractivity contribution >= 4 is 0 Å². The predicted molar refractivity (Wildman–Crippen MR) is 53.0 cm³/mol. The van der Waals surface area contributed by atoms with Crippen molar-refractivity contribution < 1.29 is 14.6 Å². The zero-order valence-electron chi connectivity index (χ0n) is 9.26. The molecule has 6 nitrogen and oxygen atoms in total. The number of hydrogen-bond donors (Lipinski definition) is 1. The molecule has 0 amide bonds. The molecule has 0 aromatic carbocycles. The average Bonchev–Trinajstić information content (AvgIpc) is 1.98. The summed E-state index contributed by atoms with van der Waals surface area (Å²) in [6.45, 7) is 7.35.